The molecular formula is C28H37ClF3N3O5S. The van der Waals surface area contributed by atoms with Gasteiger partial charge in [-0.15, -0.1) is 12.4 Å². The van der Waals surface area contributed by atoms with Gasteiger partial charge in [0, 0.05) is 12.0 Å². The van der Waals surface area contributed by atoms with Gasteiger partial charge in [-0.1, -0.05) is 44.2 Å². The van der Waals surface area contributed by atoms with Crippen LogP contribution in [0.15, 0.2) is 59.5 Å². The Morgan fingerprint density at radius 1 is 0.976 bits per heavy atom. The second-order valence-electron chi connectivity index (χ2n) is 10.3. The summed E-state index contributed by atoms with van der Waals surface area (Å²) in [6.45, 7) is 3.76. The van der Waals surface area contributed by atoms with Crippen molar-refractivity contribution in [3.8, 4) is 0 Å². The number of sulfonamides is 1. The fourth-order valence-electron chi connectivity index (χ4n) is 4.76. The standard InChI is InChI=1S/C28H36F3N3O5S.ClH/c1-18(2)25(32-3)27(36)39-17-24(19-7-5-4-6-8-19)33-26(35)20-9-13-22(14-10-20)34-40(37,38)23-15-11-21(12-16-23)28(29,30)31;/h4-8,11-12,15-16,18,20,22,24-25,32,34H,9-10,13-14,17H2,1-3H3,(H,33,35);1H/t20?,22?,24-,25+;/m1./s1. The van der Waals surface area contributed by atoms with E-state index in [2.05, 4.69) is 15.4 Å². The minimum absolute atomic E-state index is 0. The number of alkyl halides is 3. The van der Waals surface area contributed by atoms with Crippen LogP contribution in [0.5, 0.6) is 0 Å². The molecule has 0 radical (unpaired) electrons. The highest BCUT2D eigenvalue weighted by atomic mass is 35.5. The van der Waals surface area contributed by atoms with Crippen molar-refractivity contribution in [2.45, 2.75) is 68.7 Å². The Bertz CT molecular complexity index is 1240. The second-order valence-corrected chi connectivity index (χ2v) is 12.0. The van der Waals surface area contributed by atoms with Gasteiger partial charge in [-0.3, -0.25) is 9.59 Å². The SMILES string of the molecule is CN[C@H](C(=O)OC[C@@H](NC(=O)C1CCC(NS(=O)(=O)c2ccc(C(F)(F)F)cc2)CC1)c1ccccc1)C(C)C.Cl. The molecule has 1 aliphatic rings. The molecule has 2 aromatic carbocycles. The van der Waals surface area contributed by atoms with E-state index in [0.29, 0.717) is 25.7 Å². The molecule has 0 bridgehead atoms. The third-order valence-corrected chi connectivity index (χ3v) is 8.59. The zero-order chi connectivity index (χ0) is 29.5. The summed E-state index contributed by atoms with van der Waals surface area (Å²) in [4.78, 5) is 25.5. The number of esters is 1. The van der Waals surface area contributed by atoms with Crippen LogP contribution in [-0.2, 0) is 30.5 Å². The van der Waals surface area contributed by atoms with Crippen molar-refractivity contribution in [2.24, 2.45) is 11.8 Å². The lowest BCUT2D eigenvalue weighted by Crippen LogP contribution is -2.43. The molecule has 3 rings (SSSR count). The molecule has 228 valence electrons. The molecule has 0 spiro atoms. The molecule has 41 heavy (non-hydrogen) atoms. The average molecular weight is 620 g/mol. The number of hydrogen-bond acceptors (Lipinski definition) is 6. The average Bonchev–Trinajstić information content (AvgIpc) is 2.91. The first-order chi connectivity index (χ1) is 18.8. The number of ether oxygens (including phenoxy) is 1. The largest absolute Gasteiger partial charge is 0.462 e. The molecule has 3 N–H and O–H groups in total. The predicted octanol–water partition coefficient (Wildman–Crippen LogP) is 4.61. The van der Waals surface area contributed by atoms with E-state index in [1.165, 1.54) is 0 Å². The van der Waals surface area contributed by atoms with Crippen LogP contribution in [0.1, 0.15) is 56.7 Å². The number of halogens is 4. The Labute approximate surface area is 245 Å². The Kier molecular flexibility index (Phi) is 12.6. The van der Waals surface area contributed by atoms with Crippen molar-refractivity contribution in [3.05, 3.63) is 65.7 Å². The van der Waals surface area contributed by atoms with Crippen LogP contribution in [0.3, 0.4) is 0 Å². The van der Waals surface area contributed by atoms with Crippen molar-refractivity contribution in [2.75, 3.05) is 13.7 Å². The number of hydrogen-bond donors (Lipinski definition) is 3. The number of carbonyl (C=O) groups excluding carboxylic acids is 2. The summed E-state index contributed by atoms with van der Waals surface area (Å²) in [6.07, 6.45) is -2.94. The third kappa shape index (κ3) is 9.69. The topological polar surface area (TPSA) is 114 Å². The summed E-state index contributed by atoms with van der Waals surface area (Å²) in [6, 6.07) is 11.0. The van der Waals surface area contributed by atoms with E-state index >= 15 is 0 Å². The third-order valence-electron chi connectivity index (χ3n) is 7.05. The van der Waals surface area contributed by atoms with Crippen molar-refractivity contribution < 1.29 is 35.9 Å². The lowest BCUT2D eigenvalue weighted by molar-refractivity contribution is -0.148. The molecule has 0 heterocycles. The van der Waals surface area contributed by atoms with Crippen molar-refractivity contribution in [3.63, 3.8) is 0 Å². The molecule has 0 aliphatic heterocycles. The maximum absolute atomic E-state index is 13.2. The monoisotopic (exact) mass is 619 g/mol. The zero-order valence-electron chi connectivity index (χ0n) is 23.1. The highest BCUT2D eigenvalue weighted by Crippen LogP contribution is 2.30. The zero-order valence-corrected chi connectivity index (χ0v) is 24.7. The fraction of sp³-hybridized carbons (Fsp3) is 0.500. The molecule has 2 aromatic rings. The van der Waals surface area contributed by atoms with Crippen LogP contribution < -0.4 is 15.4 Å². The van der Waals surface area contributed by atoms with E-state index in [0.717, 1.165) is 29.8 Å². The molecule has 0 aromatic heterocycles. The Morgan fingerprint density at radius 2 is 1.56 bits per heavy atom. The number of benzene rings is 2. The molecule has 1 fully saturated rings. The van der Waals surface area contributed by atoms with E-state index in [1.54, 1.807) is 7.05 Å². The van der Waals surface area contributed by atoms with Crippen molar-refractivity contribution in [1.82, 2.24) is 15.4 Å². The number of carbonyl (C=O) groups is 2. The summed E-state index contributed by atoms with van der Waals surface area (Å²) in [5.74, 6) is -0.972. The minimum atomic E-state index is -4.56. The summed E-state index contributed by atoms with van der Waals surface area (Å²) >= 11 is 0. The highest BCUT2D eigenvalue weighted by Gasteiger charge is 2.33. The van der Waals surface area contributed by atoms with Gasteiger partial charge in [-0.05, 0) is 68.5 Å². The predicted molar refractivity (Wildman–Crippen MR) is 151 cm³/mol. The number of nitrogens with one attached hydrogen (secondary N) is 3. The lowest BCUT2D eigenvalue weighted by Gasteiger charge is -2.30. The van der Waals surface area contributed by atoms with Gasteiger partial charge in [-0.25, -0.2) is 13.1 Å². The summed E-state index contributed by atoms with van der Waals surface area (Å²) in [5, 5.41) is 5.92. The van der Waals surface area contributed by atoms with E-state index in [-0.39, 0.29) is 41.7 Å². The normalized spacial score (nSPS) is 19.1. The molecule has 2 atom stereocenters. The van der Waals surface area contributed by atoms with Crippen LogP contribution >= 0.6 is 12.4 Å². The number of likely N-dealkylation sites (N-methyl/N-ethyl adjacent to an activating group) is 1. The van der Waals surface area contributed by atoms with Crippen molar-refractivity contribution >= 4 is 34.3 Å². The molecule has 13 heteroatoms. The second kappa shape index (κ2) is 15.0. The molecule has 1 saturated carbocycles. The smallest absolute Gasteiger partial charge is 0.416 e. The van der Waals surface area contributed by atoms with Crippen LogP contribution in [0.2, 0.25) is 0 Å². The van der Waals surface area contributed by atoms with Crippen molar-refractivity contribution in [1.29, 1.82) is 0 Å². The van der Waals surface area contributed by atoms with Crippen LogP contribution in [0.4, 0.5) is 13.2 Å². The van der Waals surface area contributed by atoms with Gasteiger partial charge in [0.15, 0.2) is 0 Å². The van der Waals surface area contributed by atoms with E-state index in [9.17, 15) is 31.2 Å². The van der Waals surface area contributed by atoms with E-state index in [1.807, 2.05) is 44.2 Å². The molecule has 1 aliphatic carbocycles. The molecule has 1 amide bonds. The van der Waals surface area contributed by atoms with Gasteiger partial charge in [0.25, 0.3) is 0 Å². The quantitative estimate of drug-likeness (QED) is 0.317. The molecule has 0 saturated heterocycles. The number of rotatable bonds is 11. The first-order valence-electron chi connectivity index (χ1n) is 13.2. The summed E-state index contributed by atoms with van der Waals surface area (Å²) in [5.41, 5.74) is -0.143. The molecular weight excluding hydrogens is 583 g/mol. The van der Waals surface area contributed by atoms with Gasteiger partial charge in [0.1, 0.15) is 12.6 Å². The summed E-state index contributed by atoms with van der Waals surface area (Å²) < 4.78 is 71.9. The minimum Gasteiger partial charge on any atom is -0.462 e. The van der Waals surface area contributed by atoms with Gasteiger partial charge in [0.2, 0.25) is 15.9 Å². The fourth-order valence-corrected chi connectivity index (χ4v) is 6.06. The van der Waals surface area contributed by atoms with Crippen LogP contribution in [0.25, 0.3) is 0 Å². The first kappa shape index (κ1) is 34.5. The maximum atomic E-state index is 13.2. The van der Waals surface area contributed by atoms with E-state index < -0.39 is 45.9 Å². The molecule has 8 nitrogen and oxygen atoms in total. The Morgan fingerprint density at radius 3 is 2.07 bits per heavy atom. The number of amides is 1. The molecule has 0 unspecified atom stereocenters. The maximum Gasteiger partial charge on any atom is 0.416 e. The lowest BCUT2D eigenvalue weighted by atomic mass is 9.85. The van der Waals surface area contributed by atoms with Gasteiger partial charge >= 0.3 is 12.1 Å². The van der Waals surface area contributed by atoms with Gasteiger partial charge < -0.3 is 15.4 Å². The summed E-state index contributed by atoms with van der Waals surface area (Å²) in [7, 11) is -2.33. The Hall–Kier alpha value is -2.67. The van der Waals surface area contributed by atoms with E-state index in [4.69, 9.17) is 4.74 Å². The first-order valence-corrected chi connectivity index (χ1v) is 14.7. The van der Waals surface area contributed by atoms with Crippen LogP contribution in [0, 0.1) is 11.8 Å². The van der Waals surface area contributed by atoms with Gasteiger partial charge in [-0.2, -0.15) is 13.2 Å². The highest BCUT2D eigenvalue weighted by molar-refractivity contribution is 7.89. The van der Waals surface area contributed by atoms with Gasteiger partial charge in [0.05, 0.1) is 16.5 Å². The van der Waals surface area contributed by atoms with Crippen LogP contribution in [-0.4, -0.2) is 46.0 Å². The Balaban J connectivity index is 0.00000588.